The van der Waals surface area contributed by atoms with E-state index in [0.29, 0.717) is 18.5 Å². The molecule has 0 spiro atoms. The molecule has 0 aromatic rings. The predicted octanol–water partition coefficient (Wildman–Crippen LogP) is 1.94. The molecule has 4 heteroatoms. The zero-order valence-corrected chi connectivity index (χ0v) is 11.9. The van der Waals surface area contributed by atoms with Gasteiger partial charge in [0.2, 0.25) is 11.8 Å². The van der Waals surface area contributed by atoms with Crippen molar-refractivity contribution in [2.45, 2.75) is 58.9 Å². The molecule has 2 amide bonds. The molecule has 0 aromatic heterocycles. The second-order valence-corrected chi connectivity index (χ2v) is 5.52. The molecule has 0 aliphatic carbocycles. The van der Waals surface area contributed by atoms with Crippen LogP contribution in [0, 0.1) is 5.92 Å². The number of amides is 2. The van der Waals surface area contributed by atoms with Gasteiger partial charge in [-0.15, -0.1) is 0 Å². The van der Waals surface area contributed by atoms with E-state index in [1.807, 2.05) is 18.7 Å². The minimum absolute atomic E-state index is 0.00319. The van der Waals surface area contributed by atoms with Gasteiger partial charge < -0.3 is 10.2 Å². The van der Waals surface area contributed by atoms with Gasteiger partial charge in [-0.3, -0.25) is 9.59 Å². The molecule has 0 aromatic carbocycles. The van der Waals surface area contributed by atoms with Crippen molar-refractivity contribution in [2.75, 3.05) is 13.1 Å². The summed E-state index contributed by atoms with van der Waals surface area (Å²) in [6.07, 6.45) is 4.33. The highest BCUT2D eigenvalue weighted by atomic mass is 16.2. The molecule has 18 heavy (non-hydrogen) atoms. The molecule has 0 bridgehead atoms. The molecule has 0 radical (unpaired) electrons. The summed E-state index contributed by atoms with van der Waals surface area (Å²) in [5.41, 5.74) is 0. The van der Waals surface area contributed by atoms with Crippen molar-refractivity contribution in [1.29, 1.82) is 0 Å². The number of rotatable bonds is 5. The summed E-state index contributed by atoms with van der Waals surface area (Å²) < 4.78 is 0. The Kier molecular flexibility index (Phi) is 6.16. The Bertz CT molecular complexity index is 290. The Hall–Kier alpha value is -1.06. The smallest absolute Gasteiger partial charge is 0.232 e. The number of likely N-dealkylation sites (tertiary alicyclic amines) is 1. The molecule has 1 aliphatic rings. The van der Waals surface area contributed by atoms with Crippen LogP contribution in [0.25, 0.3) is 0 Å². The number of nitrogens with one attached hydrogen (secondary N) is 1. The summed E-state index contributed by atoms with van der Waals surface area (Å²) >= 11 is 0. The molecular weight excluding hydrogens is 228 g/mol. The lowest BCUT2D eigenvalue weighted by molar-refractivity contribution is -0.139. The molecule has 1 saturated heterocycles. The number of piperidine rings is 1. The minimum atomic E-state index is -0.144. The van der Waals surface area contributed by atoms with Crippen molar-refractivity contribution >= 4 is 11.8 Å². The van der Waals surface area contributed by atoms with Crippen LogP contribution in [0.2, 0.25) is 0 Å². The number of nitrogens with zero attached hydrogens (tertiary/aromatic N) is 1. The third-order valence-corrected chi connectivity index (χ3v) is 3.44. The van der Waals surface area contributed by atoms with E-state index in [9.17, 15) is 9.59 Å². The Morgan fingerprint density at radius 3 is 2.67 bits per heavy atom. The molecule has 1 rings (SSSR count). The lowest BCUT2D eigenvalue weighted by Gasteiger charge is -2.35. The lowest BCUT2D eigenvalue weighted by Crippen LogP contribution is -2.45. The maximum atomic E-state index is 12.1. The van der Waals surface area contributed by atoms with Crippen LogP contribution < -0.4 is 5.32 Å². The van der Waals surface area contributed by atoms with Crippen molar-refractivity contribution in [3.63, 3.8) is 0 Å². The Labute approximate surface area is 110 Å². The molecule has 0 saturated carbocycles. The molecule has 1 aliphatic heterocycles. The van der Waals surface area contributed by atoms with E-state index in [-0.39, 0.29) is 18.2 Å². The van der Waals surface area contributed by atoms with Crippen LogP contribution in [0.3, 0.4) is 0 Å². The van der Waals surface area contributed by atoms with Gasteiger partial charge in [-0.1, -0.05) is 20.8 Å². The highest BCUT2D eigenvalue weighted by Gasteiger charge is 2.26. The first-order valence-corrected chi connectivity index (χ1v) is 7.10. The Morgan fingerprint density at radius 2 is 2.06 bits per heavy atom. The van der Waals surface area contributed by atoms with Crippen LogP contribution in [0.5, 0.6) is 0 Å². The second kappa shape index (κ2) is 7.39. The van der Waals surface area contributed by atoms with Gasteiger partial charge in [0.25, 0.3) is 0 Å². The number of hydrogen-bond acceptors (Lipinski definition) is 2. The van der Waals surface area contributed by atoms with Crippen LogP contribution in [0.1, 0.15) is 52.9 Å². The van der Waals surface area contributed by atoms with E-state index >= 15 is 0 Å². The summed E-state index contributed by atoms with van der Waals surface area (Å²) in [6, 6.07) is 0.337. The van der Waals surface area contributed by atoms with Crippen molar-refractivity contribution in [1.82, 2.24) is 10.2 Å². The molecule has 1 fully saturated rings. The van der Waals surface area contributed by atoms with Crippen molar-refractivity contribution in [3.8, 4) is 0 Å². The van der Waals surface area contributed by atoms with E-state index in [1.165, 1.54) is 6.42 Å². The first-order chi connectivity index (χ1) is 8.54. The maximum Gasteiger partial charge on any atom is 0.232 e. The molecular formula is C14H26N2O2. The summed E-state index contributed by atoms with van der Waals surface area (Å²) in [6.45, 7) is 7.65. The van der Waals surface area contributed by atoms with E-state index < -0.39 is 0 Å². The molecule has 1 atom stereocenters. The summed E-state index contributed by atoms with van der Waals surface area (Å²) in [7, 11) is 0. The molecule has 1 N–H and O–H groups in total. The number of carbonyl (C=O) groups excluding carboxylic acids is 2. The van der Waals surface area contributed by atoms with E-state index in [0.717, 1.165) is 25.8 Å². The molecule has 1 unspecified atom stereocenters. The Balaban J connectivity index is 2.40. The monoisotopic (exact) mass is 254 g/mol. The van der Waals surface area contributed by atoms with Gasteiger partial charge in [0.15, 0.2) is 0 Å². The quantitative estimate of drug-likeness (QED) is 0.762. The fraction of sp³-hybridized carbons (Fsp3) is 0.857. The predicted molar refractivity (Wildman–Crippen MR) is 72.1 cm³/mol. The highest BCUT2D eigenvalue weighted by Crippen LogP contribution is 2.20. The molecule has 104 valence electrons. The van der Waals surface area contributed by atoms with Gasteiger partial charge >= 0.3 is 0 Å². The van der Waals surface area contributed by atoms with Gasteiger partial charge in [-0.25, -0.2) is 0 Å². The highest BCUT2D eigenvalue weighted by molar-refractivity contribution is 5.97. The zero-order chi connectivity index (χ0) is 13.5. The normalized spacial score (nSPS) is 20.0. The largest absolute Gasteiger partial charge is 0.355 e. The van der Waals surface area contributed by atoms with Crippen LogP contribution in [-0.2, 0) is 9.59 Å². The first-order valence-electron chi connectivity index (χ1n) is 7.10. The van der Waals surface area contributed by atoms with Crippen molar-refractivity contribution < 1.29 is 9.59 Å². The van der Waals surface area contributed by atoms with Gasteiger partial charge in [-0.2, -0.15) is 0 Å². The Morgan fingerprint density at radius 1 is 1.33 bits per heavy atom. The standard InChI is InChI=1S/C14H26N2O2/c1-4-12-7-5-6-8-16(12)14(18)9-13(17)15-10-11(2)3/h11-12H,4-10H2,1-3H3,(H,15,17). The lowest BCUT2D eigenvalue weighted by atomic mass is 9.99. The number of hydrogen-bond donors (Lipinski definition) is 1. The average molecular weight is 254 g/mol. The van der Waals surface area contributed by atoms with E-state index in [1.54, 1.807) is 0 Å². The fourth-order valence-electron chi connectivity index (χ4n) is 2.37. The van der Waals surface area contributed by atoms with Crippen molar-refractivity contribution in [2.24, 2.45) is 5.92 Å². The third kappa shape index (κ3) is 4.67. The average Bonchev–Trinajstić information content (AvgIpc) is 2.36. The van der Waals surface area contributed by atoms with Crippen LogP contribution in [-0.4, -0.2) is 35.8 Å². The minimum Gasteiger partial charge on any atom is -0.355 e. The third-order valence-electron chi connectivity index (χ3n) is 3.44. The van der Waals surface area contributed by atoms with E-state index in [2.05, 4.69) is 12.2 Å². The van der Waals surface area contributed by atoms with Gasteiger partial charge in [-0.05, 0) is 31.6 Å². The van der Waals surface area contributed by atoms with Gasteiger partial charge in [0.05, 0.1) is 0 Å². The van der Waals surface area contributed by atoms with E-state index in [4.69, 9.17) is 0 Å². The summed E-state index contributed by atoms with van der Waals surface area (Å²) in [4.78, 5) is 25.6. The van der Waals surface area contributed by atoms with Crippen LogP contribution >= 0.6 is 0 Å². The van der Waals surface area contributed by atoms with Gasteiger partial charge in [0.1, 0.15) is 6.42 Å². The van der Waals surface area contributed by atoms with Crippen LogP contribution in [0.4, 0.5) is 0 Å². The first kappa shape index (κ1) is 15.0. The second-order valence-electron chi connectivity index (χ2n) is 5.52. The number of carbonyl (C=O) groups is 2. The maximum absolute atomic E-state index is 12.1. The van der Waals surface area contributed by atoms with Crippen molar-refractivity contribution in [3.05, 3.63) is 0 Å². The summed E-state index contributed by atoms with van der Waals surface area (Å²) in [5.74, 6) is 0.263. The zero-order valence-electron chi connectivity index (χ0n) is 11.9. The summed E-state index contributed by atoms with van der Waals surface area (Å²) in [5, 5.41) is 2.80. The molecule has 4 nitrogen and oxygen atoms in total. The van der Waals surface area contributed by atoms with Crippen LogP contribution in [0.15, 0.2) is 0 Å². The fourth-order valence-corrected chi connectivity index (χ4v) is 2.37. The SMILES string of the molecule is CCC1CCCCN1C(=O)CC(=O)NCC(C)C. The topological polar surface area (TPSA) is 49.4 Å². The van der Waals surface area contributed by atoms with Gasteiger partial charge in [0, 0.05) is 19.1 Å². The molecule has 1 heterocycles.